The summed E-state index contributed by atoms with van der Waals surface area (Å²) in [5.74, 6) is 0.300. The monoisotopic (exact) mass is 179 g/mol. The van der Waals surface area contributed by atoms with Crippen LogP contribution in [-0.2, 0) is 4.74 Å². The predicted octanol–water partition coefficient (Wildman–Crippen LogP) is 2.32. The maximum Gasteiger partial charge on any atom is 0.174 e. The maximum absolute atomic E-state index is 9.37. The molecule has 70 valence electrons. The van der Waals surface area contributed by atoms with Crippen LogP contribution in [0.5, 0.6) is 5.75 Å². The van der Waals surface area contributed by atoms with E-state index in [9.17, 15) is 5.11 Å². The van der Waals surface area contributed by atoms with Crippen molar-refractivity contribution in [3.05, 3.63) is 23.3 Å². The van der Waals surface area contributed by atoms with Crippen molar-refractivity contribution in [1.29, 1.82) is 0 Å². The molecule has 13 heavy (non-hydrogen) atoms. The minimum atomic E-state index is 0.300. The zero-order valence-electron chi connectivity index (χ0n) is 8.03. The molecule has 0 atom stereocenters. The van der Waals surface area contributed by atoms with Crippen LogP contribution in [0, 0.1) is 13.8 Å². The summed E-state index contributed by atoms with van der Waals surface area (Å²) in [7, 11) is 1.55. The zero-order valence-corrected chi connectivity index (χ0v) is 8.03. The second-order valence-electron chi connectivity index (χ2n) is 2.90. The number of aromatic hydroxyl groups is 1. The van der Waals surface area contributed by atoms with Crippen molar-refractivity contribution in [1.82, 2.24) is 0 Å². The van der Waals surface area contributed by atoms with Crippen LogP contribution in [0.1, 0.15) is 11.1 Å². The van der Waals surface area contributed by atoms with E-state index in [2.05, 4.69) is 4.99 Å². The van der Waals surface area contributed by atoms with E-state index >= 15 is 0 Å². The fourth-order valence-electron chi connectivity index (χ4n) is 1.03. The summed E-state index contributed by atoms with van der Waals surface area (Å²) >= 11 is 0. The van der Waals surface area contributed by atoms with Gasteiger partial charge in [-0.1, -0.05) is 0 Å². The van der Waals surface area contributed by atoms with Crippen LogP contribution >= 0.6 is 0 Å². The molecule has 0 aliphatic carbocycles. The molecule has 0 spiro atoms. The molecule has 0 aromatic heterocycles. The fourth-order valence-corrected chi connectivity index (χ4v) is 1.03. The number of aryl methyl sites for hydroxylation is 2. The number of ether oxygens (including phenoxy) is 1. The highest BCUT2D eigenvalue weighted by molar-refractivity contribution is 5.60. The Kier molecular flexibility index (Phi) is 2.90. The predicted molar refractivity (Wildman–Crippen MR) is 52.7 cm³/mol. The fraction of sp³-hybridized carbons (Fsp3) is 0.300. The number of phenolic OH excluding ortho intramolecular Hbond substituents is 1. The number of aliphatic imine (C=N–C) groups is 1. The first-order chi connectivity index (χ1) is 6.15. The lowest BCUT2D eigenvalue weighted by molar-refractivity contribution is 0.423. The molecule has 3 nitrogen and oxygen atoms in total. The number of methoxy groups -OCH3 is 1. The number of benzene rings is 1. The first kappa shape index (κ1) is 9.58. The summed E-state index contributed by atoms with van der Waals surface area (Å²) in [5, 5.41) is 9.37. The van der Waals surface area contributed by atoms with Gasteiger partial charge in [0, 0.05) is 0 Å². The second-order valence-corrected chi connectivity index (χ2v) is 2.90. The van der Waals surface area contributed by atoms with Crippen LogP contribution in [0.25, 0.3) is 0 Å². The van der Waals surface area contributed by atoms with Crippen LogP contribution in [0.3, 0.4) is 0 Å². The van der Waals surface area contributed by atoms with Gasteiger partial charge in [-0.05, 0) is 37.1 Å². The third-order valence-electron chi connectivity index (χ3n) is 1.81. The number of hydrogen-bond donors (Lipinski definition) is 1. The summed E-state index contributed by atoms with van der Waals surface area (Å²) in [4.78, 5) is 4.07. The van der Waals surface area contributed by atoms with Gasteiger partial charge in [-0.25, -0.2) is 4.99 Å². The molecule has 0 unspecified atom stereocenters. The average molecular weight is 179 g/mol. The molecule has 0 fully saturated rings. The molecule has 0 aliphatic rings. The number of hydrogen-bond acceptors (Lipinski definition) is 3. The summed E-state index contributed by atoms with van der Waals surface area (Å²) in [6.45, 7) is 3.72. The summed E-state index contributed by atoms with van der Waals surface area (Å²) in [6.07, 6.45) is 1.37. The van der Waals surface area contributed by atoms with E-state index in [4.69, 9.17) is 4.74 Å². The van der Waals surface area contributed by atoms with Crippen LogP contribution in [-0.4, -0.2) is 18.6 Å². The highest BCUT2D eigenvalue weighted by Crippen LogP contribution is 2.26. The van der Waals surface area contributed by atoms with Crippen molar-refractivity contribution < 1.29 is 9.84 Å². The highest BCUT2D eigenvalue weighted by atomic mass is 16.5. The third kappa shape index (κ3) is 2.21. The molecule has 0 radical (unpaired) electrons. The van der Waals surface area contributed by atoms with Crippen molar-refractivity contribution in [3.63, 3.8) is 0 Å². The van der Waals surface area contributed by atoms with Crippen molar-refractivity contribution >= 4 is 12.1 Å². The van der Waals surface area contributed by atoms with Gasteiger partial charge in [0.15, 0.2) is 6.40 Å². The Labute approximate surface area is 77.7 Å². The van der Waals surface area contributed by atoms with Gasteiger partial charge in [-0.2, -0.15) is 0 Å². The first-order valence-corrected chi connectivity index (χ1v) is 4.00. The Hall–Kier alpha value is -1.51. The minimum absolute atomic E-state index is 0.300. The minimum Gasteiger partial charge on any atom is -0.508 e. The van der Waals surface area contributed by atoms with Gasteiger partial charge < -0.3 is 9.84 Å². The summed E-state index contributed by atoms with van der Waals surface area (Å²) in [6, 6.07) is 3.51. The lowest BCUT2D eigenvalue weighted by Crippen LogP contribution is -1.81. The lowest BCUT2D eigenvalue weighted by Gasteiger charge is -2.03. The first-order valence-electron chi connectivity index (χ1n) is 4.00. The van der Waals surface area contributed by atoms with E-state index in [0.717, 1.165) is 16.8 Å². The molecule has 3 heteroatoms. The van der Waals surface area contributed by atoms with Gasteiger partial charge >= 0.3 is 0 Å². The molecule has 1 rings (SSSR count). The number of phenols is 1. The molecule has 0 amide bonds. The Morgan fingerprint density at radius 3 is 2.62 bits per heavy atom. The molecule has 1 N–H and O–H groups in total. The lowest BCUT2D eigenvalue weighted by atomic mass is 10.1. The van der Waals surface area contributed by atoms with Gasteiger partial charge in [-0.3, -0.25) is 0 Å². The third-order valence-corrected chi connectivity index (χ3v) is 1.81. The van der Waals surface area contributed by atoms with E-state index in [-0.39, 0.29) is 0 Å². The van der Waals surface area contributed by atoms with Crippen LogP contribution in [0.2, 0.25) is 0 Å². The highest BCUT2D eigenvalue weighted by Gasteiger charge is 2.01. The van der Waals surface area contributed by atoms with Gasteiger partial charge in [0.05, 0.1) is 12.8 Å². The SMILES string of the molecule is COC=Nc1cc(C)c(O)cc1C. The Morgan fingerprint density at radius 2 is 2.00 bits per heavy atom. The summed E-state index contributed by atoms with van der Waals surface area (Å²) < 4.78 is 4.72. The average Bonchev–Trinajstić information content (AvgIpc) is 2.09. The number of rotatable bonds is 2. The van der Waals surface area contributed by atoms with Gasteiger partial charge in [0.2, 0.25) is 0 Å². The van der Waals surface area contributed by atoms with Gasteiger partial charge in [-0.15, -0.1) is 0 Å². The molecule has 0 heterocycles. The van der Waals surface area contributed by atoms with Crippen LogP contribution < -0.4 is 0 Å². The molecule has 0 saturated carbocycles. The van der Waals surface area contributed by atoms with E-state index in [1.807, 2.05) is 19.9 Å². The van der Waals surface area contributed by atoms with E-state index < -0.39 is 0 Å². The normalized spacial score (nSPS) is 10.7. The van der Waals surface area contributed by atoms with E-state index in [0.29, 0.717) is 5.75 Å². The molecular weight excluding hydrogens is 166 g/mol. The van der Waals surface area contributed by atoms with E-state index in [1.54, 1.807) is 13.2 Å². The van der Waals surface area contributed by atoms with Gasteiger partial charge in [0.25, 0.3) is 0 Å². The molecular formula is C10H13NO2. The molecule has 0 aliphatic heterocycles. The van der Waals surface area contributed by atoms with Gasteiger partial charge in [0.1, 0.15) is 5.75 Å². The molecule has 1 aromatic rings. The summed E-state index contributed by atoms with van der Waals surface area (Å²) in [5.41, 5.74) is 2.56. The smallest absolute Gasteiger partial charge is 0.174 e. The second kappa shape index (κ2) is 3.94. The van der Waals surface area contributed by atoms with E-state index in [1.165, 1.54) is 6.40 Å². The Bertz CT molecular complexity index is 332. The number of nitrogens with zero attached hydrogens (tertiary/aromatic N) is 1. The maximum atomic E-state index is 9.37. The van der Waals surface area contributed by atoms with Crippen molar-refractivity contribution in [2.75, 3.05) is 7.11 Å². The van der Waals surface area contributed by atoms with Crippen molar-refractivity contribution in [3.8, 4) is 5.75 Å². The van der Waals surface area contributed by atoms with Crippen molar-refractivity contribution in [2.45, 2.75) is 13.8 Å². The quantitative estimate of drug-likeness (QED) is 0.559. The molecule has 1 aromatic carbocycles. The van der Waals surface area contributed by atoms with Crippen LogP contribution in [0.4, 0.5) is 5.69 Å². The Balaban J connectivity index is 3.08. The zero-order chi connectivity index (χ0) is 9.84. The standard InChI is InChI=1S/C10H13NO2/c1-7-5-10(12)8(2)4-9(7)11-6-13-3/h4-6,12H,1-3H3. The van der Waals surface area contributed by atoms with Crippen LogP contribution in [0.15, 0.2) is 17.1 Å². The topological polar surface area (TPSA) is 41.8 Å². The largest absolute Gasteiger partial charge is 0.508 e. The molecule has 0 saturated heterocycles. The Morgan fingerprint density at radius 1 is 1.31 bits per heavy atom. The molecule has 0 bridgehead atoms. The van der Waals surface area contributed by atoms with Crippen molar-refractivity contribution in [2.24, 2.45) is 4.99 Å².